The number of alkyl halides is 3. The van der Waals surface area contributed by atoms with Gasteiger partial charge in [-0.1, -0.05) is 11.6 Å². The first-order valence-electron chi connectivity index (χ1n) is 6.72. The van der Waals surface area contributed by atoms with Crippen molar-refractivity contribution in [3.63, 3.8) is 0 Å². The van der Waals surface area contributed by atoms with Crippen LogP contribution in [0.5, 0.6) is 5.75 Å². The fourth-order valence-electron chi connectivity index (χ4n) is 2.22. The van der Waals surface area contributed by atoms with Gasteiger partial charge in [-0.15, -0.1) is 0 Å². The zero-order chi connectivity index (χ0) is 17.3. The monoisotopic (exact) mass is 344 g/mol. The molecule has 2 rings (SSSR count). The van der Waals surface area contributed by atoms with Gasteiger partial charge in [0.05, 0.1) is 7.11 Å². The van der Waals surface area contributed by atoms with Gasteiger partial charge in [0.25, 0.3) is 0 Å². The van der Waals surface area contributed by atoms with Crippen molar-refractivity contribution in [2.75, 3.05) is 18.2 Å². The quantitative estimate of drug-likeness (QED) is 0.782. The second-order valence-corrected chi connectivity index (χ2v) is 5.64. The van der Waals surface area contributed by atoms with E-state index in [1.165, 1.54) is 37.4 Å². The molecule has 1 unspecified atom stereocenters. The van der Waals surface area contributed by atoms with Crippen LogP contribution < -0.4 is 15.8 Å². The molecule has 3 nitrogen and oxygen atoms in total. The van der Waals surface area contributed by atoms with Crippen molar-refractivity contribution in [3.05, 3.63) is 53.1 Å². The van der Waals surface area contributed by atoms with Crippen molar-refractivity contribution in [2.24, 2.45) is 0 Å². The van der Waals surface area contributed by atoms with Crippen LogP contribution in [0.3, 0.4) is 0 Å². The summed E-state index contributed by atoms with van der Waals surface area (Å²) in [7, 11) is 1.48. The minimum absolute atomic E-state index is 0.00948. The highest BCUT2D eigenvalue weighted by atomic mass is 35.5. The average Bonchev–Trinajstić information content (AvgIpc) is 2.49. The third-order valence-corrected chi connectivity index (χ3v) is 3.84. The molecule has 23 heavy (non-hydrogen) atoms. The van der Waals surface area contributed by atoms with E-state index in [9.17, 15) is 13.2 Å². The number of nitrogens with two attached hydrogens (primary N) is 1. The Morgan fingerprint density at radius 3 is 2.22 bits per heavy atom. The van der Waals surface area contributed by atoms with E-state index in [4.69, 9.17) is 22.1 Å². The summed E-state index contributed by atoms with van der Waals surface area (Å²) in [6.45, 7) is 1.03. The highest BCUT2D eigenvalue weighted by molar-refractivity contribution is 6.30. The number of hydrogen-bond donors (Lipinski definition) is 2. The molecule has 0 spiro atoms. The Bertz CT molecular complexity index is 689. The fraction of sp³-hybridized carbons (Fsp3) is 0.250. The molecular weight excluding hydrogens is 329 g/mol. The zero-order valence-corrected chi connectivity index (χ0v) is 13.3. The van der Waals surface area contributed by atoms with Gasteiger partial charge in [-0.25, -0.2) is 0 Å². The van der Waals surface area contributed by atoms with Gasteiger partial charge >= 0.3 is 6.18 Å². The first kappa shape index (κ1) is 17.3. The van der Waals surface area contributed by atoms with Crippen molar-refractivity contribution < 1.29 is 17.9 Å². The number of benzene rings is 2. The van der Waals surface area contributed by atoms with Gasteiger partial charge in [-0.2, -0.15) is 13.2 Å². The number of ether oxygens (including phenoxy) is 1. The zero-order valence-electron chi connectivity index (χ0n) is 12.5. The summed E-state index contributed by atoms with van der Waals surface area (Å²) in [4.78, 5) is 0. The van der Waals surface area contributed by atoms with Crippen LogP contribution in [0.25, 0.3) is 0 Å². The van der Waals surface area contributed by atoms with Gasteiger partial charge in [-0.05, 0) is 49.4 Å². The topological polar surface area (TPSA) is 47.3 Å². The smallest absolute Gasteiger partial charge is 0.415 e. The molecule has 0 aromatic heterocycles. The summed E-state index contributed by atoms with van der Waals surface area (Å²) in [6, 6.07) is 10.2. The lowest BCUT2D eigenvalue weighted by Gasteiger charge is -2.35. The Labute approximate surface area is 137 Å². The van der Waals surface area contributed by atoms with Gasteiger partial charge in [0.1, 0.15) is 5.75 Å². The molecule has 0 radical (unpaired) electrons. The lowest BCUT2D eigenvalue weighted by Crippen LogP contribution is -2.46. The molecule has 7 heteroatoms. The van der Waals surface area contributed by atoms with Crippen LogP contribution in [0.2, 0.25) is 5.02 Å². The molecule has 0 aliphatic rings. The van der Waals surface area contributed by atoms with Crippen LogP contribution >= 0.6 is 11.6 Å². The molecule has 0 fully saturated rings. The summed E-state index contributed by atoms with van der Waals surface area (Å²) in [5, 5.41) is 2.69. The van der Waals surface area contributed by atoms with Crippen molar-refractivity contribution in [3.8, 4) is 5.75 Å². The van der Waals surface area contributed by atoms with E-state index >= 15 is 0 Å². The molecule has 0 heterocycles. The fourth-order valence-corrected chi connectivity index (χ4v) is 2.39. The van der Waals surface area contributed by atoms with Crippen molar-refractivity contribution in [2.45, 2.75) is 18.6 Å². The molecule has 124 valence electrons. The van der Waals surface area contributed by atoms with Crippen LogP contribution in [0.4, 0.5) is 24.5 Å². The van der Waals surface area contributed by atoms with Crippen LogP contribution in [-0.2, 0) is 5.54 Å². The molecule has 0 saturated heterocycles. The highest BCUT2D eigenvalue weighted by Gasteiger charge is 2.53. The van der Waals surface area contributed by atoms with Crippen molar-refractivity contribution in [1.82, 2.24) is 0 Å². The summed E-state index contributed by atoms with van der Waals surface area (Å²) >= 11 is 5.85. The Balaban J connectivity index is 2.49. The maximum atomic E-state index is 13.7. The van der Waals surface area contributed by atoms with E-state index in [2.05, 4.69) is 5.32 Å². The molecule has 0 saturated carbocycles. The molecular formula is C16H16ClF3N2O. The molecule has 0 aliphatic carbocycles. The van der Waals surface area contributed by atoms with E-state index in [0.717, 1.165) is 6.92 Å². The molecule has 0 aliphatic heterocycles. The van der Waals surface area contributed by atoms with E-state index in [1.54, 1.807) is 12.1 Å². The Kier molecular flexibility index (Phi) is 4.66. The van der Waals surface area contributed by atoms with Crippen LogP contribution in [-0.4, -0.2) is 13.3 Å². The first-order valence-corrected chi connectivity index (χ1v) is 7.09. The number of rotatable bonds is 4. The Morgan fingerprint density at radius 2 is 1.70 bits per heavy atom. The number of halogens is 4. The minimum Gasteiger partial charge on any atom is -0.497 e. The van der Waals surface area contributed by atoms with Gasteiger partial charge < -0.3 is 15.8 Å². The van der Waals surface area contributed by atoms with Gasteiger partial charge in [0, 0.05) is 22.0 Å². The summed E-state index contributed by atoms with van der Waals surface area (Å²) < 4.78 is 46.2. The Morgan fingerprint density at radius 1 is 1.09 bits per heavy atom. The average molecular weight is 345 g/mol. The van der Waals surface area contributed by atoms with Gasteiger partial charge in [0.2, 0.25) is 0 Å². The minimum atomic E-state index is -4.59. The maximum Gasteiger partial charge on any atom is 0.415 e. The van der Waals surface area contributed by atoms with Gasteiger partial charge in [0.15, 0.2) is 5.54 Å². The second kappa shape index (κ2) is 6.20. The lowest BCUT2D eigenvalue weighted by atomic mass is 9.89. The van der Waals surface area contributed by atoms with Crippen molar-refractivity contribution in [1.29, 1.82) is 0 Å². The normalized spacial score (nSPS) is 14.2. The number of nitrogen functional groups attached to an aromatic ring is 1. The summed E-state index contributed by atoms with van der Waals surface area (Å²) in [5.74, 6) is 0.548. The number of nitrogens with one attached hydrogen (secondary N) is 1. The maximum absolute atomic E-state index is 13.7. The summed E-state index contributed by atoms with van der Waals surface area (Å²) in [6.07, 6.45) is -4.59. The van der Waals surface area contributed by atoms with Crippen LogP contribution in [0, 0.1) is 0 Å². The first-order chi connectivity index (χ1) is 10.7. The number of hydrogen-bond acceptors (Lipinski definition) is 3. The lowest BCUT2D eigenvalue weighted by molar-refractivity contribution is -0.176. The van der Waals surface area contributed by atoms with E-state index in [-0.39, 0.29) is 22.0 Å². The van der Waals surface area contributed by atoms with E-state index < -0.39 is 11.7 Å². The number of anilines is 2. The highest BCUT2D eigenvalue weighted by Crippen LogP contribution is 2.44. The second-order valence-electron chi connectivity index (χ2n) is 5.21. The Hall–Kier alpha value is -2.08. The molecule has 1 atom stereocenters. The third kappa shape index (κ3) is 3.47. The predicted molar refractivity (Wildman–Crippen MR) is 85.9 cm³/mol. The van der Waals surface area contributed by atoms with E-state index in [0.29, 0.717) is 5.75 Å². The molecule has 2 aromatic rings. The number of methoxy groups -OCH3 is 1. The van der Waals surface area contributed by atoms with Crippen LogP contribution in [0.1, 0.15) is 12.5 Å². The van der Waals surface area contributed by atoms with E-state index in [1.807, 2.05) is 0 Å². The molecule has 0 amide bonds. The standard InChI is InChI=1S/C16H16ClF3N2O/c1-15(16(18,19)20,13-9-10(17)3-8-14(13)21)22-11-4-6-12(23-2)7-5-11/h3-9,22H,21H2,1-2H3. The molecule has 3 N–H and O–H groups in total. The summed E-state index contributed by atoms with van der Waals surface area (Å²) in [5.41, 5.74) is 3.52. The predicted octanol–water partition coefficient (Wildman–Crippen LogP) is 4.82. The molecule has 2 aromatic carbocycles. The third-order valence-electron chi connectivity index (χ3n) is 3.61. The largest absolute Gasteiger partial charge is 0.497 e. The molecule has 0 bridgehead atoms. The van der Waals surface area contributed by atoms with Crippen molar-refractivity contribution >= 4 is 23.0 Å². The van der Waals surface area contributed by atoms with Crippen LogP contribution in [0.15, 0.2) is 42.5 Å². The van der Waals surface area contributed by atoms with Gasteiger partial charge in [-0.3, -0.25) is 0 Å². The SMILES string of the molecule is COc1ccc(NC(C)(c2cc(Cl)ccc2N)C(F)(F)F)cc1.